The maximum atomic E-state index is 12.5. The first kappa shape index (κ1) is 19.1. The molecule has 0 spiro atoms. The molecule has 6 nitrogen and oxygen atoms in total. The van der Waals surface area contributed by atoms with Crippen LogP contribution in [-0.2, 0) is 14.3 Å². The Labute approximate surface area is 151 Å². The van der Waals surface area contributed by atoms with Gasteiger partial charge in [-0.1, -0.05) is 30.0 Å². The van der Waals surface area contributed by atoms with Gasteiger partial charge in [-0.25, -0.2) is 4.79 Å². The van der Waals surface area contributed by atoms with Gasteiger partial charge in [-0.2, -0.15) is 0 Å². The summed E-state index contributed by atoms with van der Waals surface area (Å²) in [4.78, 5) is 29.0. The van der Waals surface area contributed by atoms with Gasteiger partial charge in [-0.05, 0) is 26.8 Å². The van der Waals surface area contributed by atoms with Crippen molar-refractivity contribution in [1.29, 1.82) is 0 Å². The number of ether oxygens (including phenoxy) is 2. The second-order valence-electron chi connectivity index (χ2n) is 5.24. The second kappa shape index (κ2) is 8.71. The minimum Gasteiger partial charge on any atom is -0.493 e. The fourth-order valence-electron chi connectivity index (χ4n) is 2.41. The fourth-order valence-corrected chi connectivity index (χ4v) is 3.72. The summed E-state index contributed by atoms with van der Waals surface area (Å²) >= 11 is 1.30. The largest absolute Gasteiger partial charge is 0.493 e. The highest BCUT2D eigenvalue weighted by Crippen LogP contribution is 2.42. The number of nitrogens with one attached hydrogen (secondary N) is 1. The van der Waals surface area contributed by atoms with Crippen molar-refractivity contribution in [2.75, 3.05) is 13.2 Å². The molecule has 1 N–H and O–H groups in total. The van der Waals surface area contributed by atoms with Crippen LogP contribution in [0.15, 0.2) is 34.8 Å². The van der Waals surface area contributed by atoms with Crippen LogP contribution in [0.2, 0.25) is 0 Å². The Bertz CT molecular complexity index is 728. The lowest BCUT2D eigenvalue weighted by Gasteiger charge is -2.25. The molecular weight excluding hydrogens is 340 g/mol. The number of esters is 1. The van der Waals surface area contributed by atoms with Gasteiger partial charge in [0.05, 0.1) is 24.5 Å². The molecule has 25 heavy (non-hydrogen) atoms. The Hall–Kier alpha value is -2.28. The van der Waals surface area contributed by atoms with Gasteiger partial charge in [-0.3, -0.25) is 9.79 Å². The van der Waals surface area contributed by atoms with Gasteiger partial charge in [0.25, 0.3) is 0 Å². The summed E-state index contributed by atoms with van der Waals surface area (Å²) in [5.41, 5.74) is 1.21. The van der Waals surface area contributed by atoms with Crippen LogP contribution in [0.3, 0.4) is 0 Å². The molecular formula is C18H22N2O4S. The van der Waals surface area contributed by atoms with Gasteiger partial charge in [0.15, 0.2) is 5.50 Å². The molecule has 1 aromatic rings. The lowest BCUT2D eigenvalue weighted by molar-refractivity contribution is -0.137. The van der Waals surface area contributed by atoms with Crippen molar-refractivity contribution in [2.24, 2.45) is 4.99 Å². The Morgan fingerprint density at radius 3 is 2.60 bits per heavy atom. The summed E-state index contributed by atoms with van der Waals surface area (Å²) in [5, 5.41) is 2.76. The van der Waals surface area contributed by atoms with Gasteiger partial charge < -0.3 is 14.8 Å². The lowest BCUT2D eigenvalue weighted by Crippen LogP contribution is -2.33. The van der Waals surface area contributed by atoms with Gasteiger partial charge in [0, 0.05) is 17.4 Å². The van der Waals surface area contributed by atoms with E-state index in [1.54, 1.807) is 13.8 Å². The van der Waals surface area contributed by atoms with Crippen LogP contribution < -0.4 is 10.1 Å². The van der Waals surface area contributed by atoms with Crippen molar-refractivity contribution in [3.05, 3.63) is 35.4 Å². The Morgan fingerprint density at radius 2 is 1.96 bits per heavy atom. The lowest BCUT2D eigenvalue weighted by atomic mass is 10.1. The summed E-state index contributed by atoms with van der Waals surface area (Å²) in [5.74, 6) is 0.0514. The first-order chi connectivity index (χ1) is 12.0. The van der Waals surface area contributed by atoms with E-state index in [1.807, 2.05) is 31.2 Å². The summed E-state index contributed by atoms with van der Waals surface area (Å²) < 4.78 is 10.9. The minimum atomic E-state index is -0.500. The van der Waals surface area contributed by atoms with E-state index in [2.05, 4.69) is 10.3 Å². The molecule has 1 atom stereocenters. The average molecular weight is 362 g/mol. The predicted octanol–water partition coefficient (Wildman–Crippen LogP) is 2.99. The van der Waals surface area contributed by atoms with Crippen molar-refractivity contribution < 1.29 is 19.1 Å². The monoisotopic (exact) mass is 362 g/mol. The number of thioether (sulfide) groups is 1. The number of rotatable bonds is 6. The van der Waals surface area contributed by atoms with Crippen LogP contribution in [0.25, 0.3) is 4.91 Å². The van der Waals surface area contributed by atoms with Crippen molar-refractivity contribution in [3.63, 3.8) is 0 Å². The highest BCUT2D eigenvalue weighted by atomic mass is 32.2. The fraction of sp³-hybridized carbons (Fsp3) is 0.389. The number of carbonyl (C=O) groups excluding carboxylic acids is 2. The van der Waals surface area contributed by atoms with E-state index in [0.29, 0.717) is 28.5 Å². The molecule has 0 radical (unpaired) electrons. The number of aliphatic imine (C=N–C) groups is 1. The third-order valence-electron chi connectivity index (χ3n) is 3.37. The summed E-state index contributed by atoms with van der Waals surface area (Å²) in [7, 11) is 0. The highest BCUT2D eigenvalue weighted by molar-refractivity contribution is 8.09. The molecule has 0 saturated carbocycles. The quantitative estimate of drug-likeness (QED) is 0.787. The Morgan fingerprint density at radius 1 is 1.24 bits per heavy atom. The molecule has 0 bridgehead atoms. The first-order valence-electron chi connectivity index (χ1n) is 8.10. The van der Waals surface area contributed by atoms with Crippen LogP contribution in [0.1, 0.15) is 33.3 Å². The Kier molecular flexibility index (Phi) is 6.64. The molecule has 2 rings (SSSR count). The maximum Gasteiger partial charge on any atom is 0.341 e. The van der Waals surface area contributed by atoms with Gasteiger partial charge >= 0.3 is 5.97 Å². The van der Waals surface area contributed by atoms with E-state index in [-0.39, 0.29) is 12.5 Å². The molecule has 134 valence electrons. The van der Waals surface area contributed by atoms with Crippen molar-refractivity contribution in [3.8, 4) is 5.75 Å². The van der Waals surface area contributed by atoms with Gasteiger partial charge in [-0.15, -0.1) is 0 Å². The average Bonchev–Trinajstić information content (AvgIpc) is 2.54. The van der Waals surface area contributed by atoms with Crippen LogP contribution in [0, 0.1) is 0 Å². The SMILES string of the molecule is CCOC(=O)C1=C(c2ccccc2OCC)SC(NC(C)=O)N=C1C. The number of nitrogens with zero attached hydrogens (tertiary/aromatic N) is 1. The molecule has 1 aromatic carbocycles. The van der Waals surface area contributed by atoms with Crippen LogP contribution in [-0.4, -0.2) is 36.3 Å². The van der Waals surface area contributed by atoms with Crippen molar-refractivity contribution in [2.45, 2.75) is 33.2 Å². The van der Waals surface area contributed by atoms with Crippen LogP contribution >= 0.6 is 11.8 Å². The smallest absolute Gasteiger partial charge is 0.341 e. The van der Waals surface area contributed by atoms with Gasteiger partial charge in [0.2, 0.25) is 5.91 Å². The first-order valence-corrected chi connectivity index (χ1v) is 8.98. The molecule has 1 unspecified atom stereocenters. The molecule has 7 heteroatoms. The molecule has 0 aromatic heterocycles. The zero-order valence-corrected chi connectivity index (χ0v) is 15.6. The molecule has 0 fully saturated rings. The van der Waals surface area contributed by atoms with Crippen LogP contribution in [0.5, 0.6) is 5.75 Å². The van der Waals surface area contributed by atoms with E-state index in [0.717, 1.165) is 5.56 Å². The molecule has 1 heterocycles. The molecule has 1 amide bonds. The van der Waals surface area contributed by atoms with Crippen molar-refractivity contribution in [1.82, 2.24) is 5.32 Å². The minimum absolute atomic E-state index is 0.189. The molecule has 1 aliphatic rings. The number of amides is 1. The summed E-state index contributed by atoms with van der Waals surface area (Å²) in [6, 6.07) is 7.49. The molecule has 0 saturated heterocycles. The number of benzene rings is 1. The maximum absolute atomic E-state index is 12.5. The van der Waals surface area contributed by atoms with Crippen LogP contribution in [0.4, 0.5) is 0 Å². The van der Waals surface area contributed by atoms with E-state index >= 15 is 0 Å². The number of hydrogen-bond donors (Lipinski definition) is 1. The molecule has 1 aliphatic heterocycles. The third-order valence-corrected chi connectivity index (χ3v) is 4.47. The highest BCUT2D eigenvalue weighted by Gasteiger charge is 2.30. The zero-order valence-electron chi connectivity index (χ0n) is 14.8. The Balaban J connectivity index is 2.56. The second-order valence-corrected chi connectivity index (χ2v) is 6.33. The number of para-hydroxylation sites is 1. The van der Waals surface area contributed by atoms with E-state index < -0.39 is 11.5 Å². The van der Waals surface area contributed by atoms with Gasteiger partial charge in [0.1, 0.15) is 5.75 Å². The van der Waals surface area contributed by atoms with E-state index in [4.69, 9.17) is 9.47 Å². The zero-order chi connectivity index (χ0) is 18.4. The summed E-state index contributed by atoms with van der Waals surface area (Å²) in [6.45, 7) is 7.61. The van der Waals surface area contributed by atoms with Crippen molar-refractivity contribution >= 4 is 34.3 Å². The summed E-state index contributed by atoms with van der Waals surface area (Å²) in [6.07, 6.45) is 0. The number of hydrogen-bond acceptors (Lipinski definition) is 6. The molecule has 0 aliphatic carbocycles. The van der Waals surface area contributed by atoms with E-state index in [1.165, 1.54) is 18.7 Å². The number of carbonyl (C=O) groups is 2. The normalized spacial score (nSPS) is 17.0. The van der Waals surface area contributed by atoms with E-state index in [9.17, 15) is 9.59 Å². The predicted molar refractivity (Wildman–Crippen MR) is 99.5 cm³/mol. The standard InChI is InChI=1S/C18H22N2O4S/c1-5-23-14-10-8-7-9-13(14)16-15(17(22)24-6-2)11(3)19-18(25-16)20-12(4)21/h7-10,18H,5-6H2,1-4H3,(H,20,21). The topological polar surface area (TPSA) is 77.0 Å². The third kappa shape index (κ3) is 4.63.